The molecule has 3 aliphatic rings. The molecule has 1 aromatic carbocycles. The van der Waals surface area contributed by atoms with Crippen molar-refractivity contribution in [3.63, 3.8) is 0 Å². The predicted molar refractivity (Wildman–Crippen MR) is 149 cm³/mol. The Morgan fingerprint density at radius 1 is 1.00 bits per heavy atom. The fourth-order valence-electron chi connectivity index (χ4n) is 5.80. The largest absolute Gasteiger partial charge is 0.467 e. The summed E-state index contributed by atoms with van der Waals surface area (Å²) >= 11 is 0. The highest BCUT2D eigenvalue weighted by atomic mass is 32.2. The maximum Gasteiger partial charge on any atom is 0.338 e. The van der Waals surface area contributed by atoms with Crippen molar-refractivity contribution in [3.05, 3.63) is 83.7 Å². The monoisotopic (exact) mass is 577 g/mol. The third kappa shape index (κ3) is 5.51. The molecule has 2 aliphatic heterocycles. The summed E-state index contributed by atoms with van der Waals surface area (Å²) in [6.07, 6.45) is 10.3. The number of hydrogen-bond acceptors (Lipinski definition) is 8. The lowest BCUT2D eigenvalue weighted by molar-refractivity contribution is -0.137. The number of ether oxygens (including phenoxy) is 1. The number of allylic oxidation sites excluding steroid dienone is 1. The first-order valence-corrected chi connectivity index (χ1v) is 15.3. The van der Waals surface area contributed by atoms with E-state index < -0.39 is 34.5 Å². The number of sulfonamides is 1. The van der Waals surface area contributed by atoms with E-state index in [9.17, 15) is 18.0 Å². The van der Waals surface area contributed by atoms with Gasteiger partial charge in [0.2, 0.25) is 10.0 Å². The standard InChI is InChI=1S/C30H31N3O7S/c34-27(20-40-30(35)22-9-4-11-24(19-22)41(36,37)32-14-2-1-3-15-32)33-29(26-13-7-17-39-26)25-12-5-8-21(28(25)31-33)18-23-10-6-16-38-23/h4,6-7,9-11,13,16-19,25,29H,1-3,5,8,12,14-15,20H2. The van der Waals surface area contributed by atoms with Crippen LogP contribution in [0.3, 0.4) is 0 Å². The molecule has 1 aliphatic carbocycles. The van der Waals surface area contributed by atoms with E-state index in [1.807, 2.05) is 24.3 Å². The van der Waals surface area contributed by atoms with E-state index in [2.05, 4.69) is 0 Å². The van der Waals surface area contributed by atoms with Crippen molar-refractivity contribution in [2.75, 3.05) is 19.7 Å². The Morgan fingerprint density at radius 3 is 2.56 bits per heavy atom. The van der Waals surface area contributed by atoms with Gasteiger partial charge in [0, 0.05) is 19.0 Å². The molecule has 41 heavy (non-hydrogen) atoms. The maximum atomic E-state index is 13.4. The van der Waals surface area contributed by atoms with Crippen LogP contribution in [0.25, 0.3) is 6.08 Å². The molecule has 0 bridgehead atoms. The topological polar surface area (TPSA) is 123 Å². The van der Waals surface area contributed by atoms with Gasteiger partial charge in [0.1, 0.15) is 17.6 Å². The molecule has 2 atom stereocenters. The van der Waals surface area contributed by atoms with Crippen molar-refractivity contribution in [1.82, 2.24) is 9.31 Å². The molecular weight excluding hydrogens is 546 g/mol. The minimum absolute atomic E-state index is 0.0314. The zero-order chi connectivity index (χ0) is 28.4. The molecule has 0 radical (unpaired) electrons. The minimum atomic E-state index is -3.72. The summed E-state index contributed by atoms with van der Waals surface area (Å²) < 4.78 is 44.2. The second kappa shape index (κ2) is 11.5. The maximum absolute atomic E-state index is 13.4. The number of carbonyl (C=O) groups excluding carboxylic acids is 2. The van der Waals surface area contributed by atoms with Crippen LogP contribution >= 0.6 is 0 Å². The van der Waals surface area contributed by atoms with Gasteiger partial charge in [0.15, 0.2) is 6.61 Å². The number of hydrogen-bond donors (Lipinski definition) is 0. The van der Waals surface area contributed by atoms with Gasteiger partial charge < -0.3 is 13.6 Å². The van der Waals surface area contributed by atoms with Crippen molar-refractivity contribution in [2.45, 2.75) is 49.5 Å². The number of piperidine rings is 1. The lowest BCUT2D eigenvalue weighted by atomic mass is 9.79. The number of nitrogens with zero attached hydrogens (tertiary/aromatic N) is 3. The van der Waals surface area contributed by atoms with Crippen LogP contribution in [0.4, 0.5) is 0 Å². The molecule has 6 rings (SSSR count). The predicted octanol–water partition coefficient (Wildman–Crippen LogP) is 5.03. The number of esters is 1. The van der Waals surface area contributed by atoms with Crippen LogP contribution in [0.2, 0.25) is 0 Å². The minimum Gasteiger partial charge on any atom is -0.467 e. The summed E-state index contributed by atoms with van der Waals surface area (Å²) in [7, 11) is -3.72. The number of rotatable bonds is 7. The molecule has 214 valence electrons. The molecule has 0 N–H and O–H groups in total. The molecule has 4 heterocycles. The summed E-state index contributed by atoms with van der Waals surface area (Å²) in [4.78, 5) is 26.4. The van der Waals surface area contributed by atoms with Gasteiger partial charge in [0.05, 0.1) is 28.7 Å². The Balaban J connectivity index is 1.20. The smallest absolute Gasteiger partial charge is 0.338 e. The summed E-state index contributed by atoms with van der Waals surface area (Å²) in [5.41, 5.74) is 1.85. The Bertz CT molecular complexity index is 1570. The molecule has 1 saturated carbocycles. The molecular formula is C30H31N3O7S. The number of fused-ring (bicyclic) bond motifs is 1. The SMILES string of the molecule is O=C(OCC(=O)N1N=C2C(=Cc3ccco3)CCCC2C1c1ccco1)c1cccc(S(=O)(=O)N2CCCCC2)c1. The highest BCUT2D eigenvalue weighted by molar-refractivity contribution is 7.89. The normalized spacial score (nSPS) is 22.4. The third-order valence-electron chi connectivity index (χ3n) is 7.80. The summed E-state index contributed by atoms with van der Waals surface area (Å²) in [6.45, 7) is 0.361. The molecule has 2 aromatic heterocycles. The Hall–Kier alpha value is -3.96. The number of amides is 1. The van der Waals surface area contributed by atoms with E-state index >= 15 is 0 Å². The van der Waals surface area contributed by atoms with Crippen LogP contribution in [-0.2, 0) is 19.6 Å². The summed E-state index contributed by atoms with van der Waals surface area (Å²) in [6, 6.07) is 12.6. The van der Waals surface area contributed by atoms with Crippen molar-refractivity contribution in [1.29, 1.82) is 0 Å². The third-order valence-corrected chi connectivity index (χ3v) is 9.70. The Morgan fingerprint density at radius 2 is 1.80 bits per heavy atom. The fourth-order valence-corrected chi connectivity index (χ4v) is 7.37. The first-order chi connectivity index (χ1) is 19.9. The number of carbonyl (C=O) groups is 2. The van der Waals surface area contributed by atoms with Gasteiger partial charge in [-0.25, -0.2) is 18.2 Å². The highest BCUT2D eigenvalue weighted by Gasteiger charge is 2.45. The highest BCUT2D eigenvalue weighted by Crippen LogP contribution is 2.44. The average Bonchev–Trinajstić information content (AvgIpc) is 3.78. The quantitative estimate of drug-likeness (QED) is 0.361. The van der Waals surface area contributed by atoms with E-state index in [1.165, 1.54) is 33.6 Å². The van der Waals surface area contributed by atoms with Gasteiger partial charge in [-0.3, -0.25) is 4.79 Å². The van der Waals surface area contributed by atoms with Crippen LogP contribution in [0.5, 0.6) is 0 Å². The van der Waals surface area contributed by atoms with Crippen molar-refractivity contribution in [2.24, 2.45) is 11.0 Å². The van der Waals surface area contributed by atoms with Crippen LogP contribution in [0.1, 0.15) is 66.4 Å². The Kier molecular flexibility index (Phi) is 7.63. The summed E-state index contributed by atoms with van der Waals surface area (Å²) in [5.74, 6) is -0.0563. The first kappa shape index (κ1) is 27.2. The van der Waals surface area contributed by atoms with Gasteiger partial charge >= 0.3 is 5.97 Å². The number of benzene rings is 1. The lowest BCUT2D eigenvalue weighted by Gasteiger charge is -2.27. The van der Waals surface area contributed by atoms with Gasteiger partial charge in [-0.1, -0.05) is 12.5 Å². The molecule has 1 saturated heterocycles. The van der Waals surface area contributed by atoms with E-state index in [0.29, 0.717) is 24.6 Å². The molecule has 1 amide bonds. The second-order valence-corrected chi connectivity index (χ2v) is 12.4. The van der Waals surface area contributed by atoms with Gasteiger partial charge in [0.25, 0.3) is 5.91 Å². The van der Waals surface area contributed by atoms with Gasteiger partial charge in [-0.2, -0.15) is 9.41 Å². The first-order valence-electron chi connectivity index (χ1n) is 13.9. The Labute approximate surface area is 238 Å². The zero-order valence-electron chi connectivity index (χ0n) is 22.5. The van der Waals surface area contributed by atoms with E-state index in [-0.39, 0.29) is 16.4 Å². The molecule has 2 unspecified atom stereocenters. The molecule has 2 fully saturated rings. The zero-order valence-corrected chi connectivity index (χ0v) is 23.3. The van der Waals surface area contributed by atoms with Crippen molar-refractivity contribution < 1.29 is 31.6 Å². The van der Waals surface area contributed by atoms with Crippen LogP contribution in [0.15, 0.2) is 85.5 Å². The van der Waals surface area contributed by atoms with E-state index in [4.69, 9.17) is 18.7 Å². The summed E-state index contributed by atoms with van der Waals surface area (Å²) in [5, 5.41) is 6.06. The van der Waals surface area contributed by atoms with Crippen LogP contribution in [0, 0.1) is 5.92 Å². The molecule has 11 heteroatoms. The lowest BCUT2D eigenvalue weighted by Crippen LogP contribution is -2.35. The fraction of sp³-hybridized carbons (Fsp3) is 0.367. The number of furan rings is 2. The molecule has 0 spiro atoms. The van der Waals surface area contributed by atoms with Crippen molar-refractivity contribution >= 4 is 33.7 Å². The molecule has 10 nitrogen and oxygen atoms in total. The average molecular weight is 578 g/mol. The van der Waals surface area contributed by atoms with E-state index in [0.717, 1.165) is 49.8 Å². The van der Waals surface area contributed by atoms with Crippen molar-refractivity contribution in [3.8, 4) is 0 Å². The van der Waals surface area contributed by atoms with E-state index in [1.54, 1.807) is 18.6 Å². The van der Waals surface area contributed by atoms with Crippen LogP contribution < -0.4 is 0 Å². The van der Waals surface area contributed by atoms with Crippen LogP contribution in [-0.4, -0.2) is 55.0 Å². The molecule has 3 aromatic rings. The second-order valence-electron chi connectivity index (χ2n) is 10.4. The number of hydrazone groups is 1. The van der Waals surface area contributed by atoms with Gasteiger partial charge in [-0.15, -0.1) is 0 Å². The van der Waals surface area contributed by atoms with Gasteiger partial charge in [-0.05, 0) is 86.2 Å².